The maximum atomic E-state index is 12.2. The van der Waals surface area contributed by atoms with Gasteiger partial charge in [-0.05, 0) is 26.3 Å². The van der Waals surface area contributed by atoms with Crippen LogP contribution in [0.4, 0.5) is 4.79 Å². The number of nitrogens with one attached hydrogen (secondary N) is 1. The van der Waals surface area contributed by atoms with Crippen molar-refractivity contribution in [3.05, 3.63) is 29.3 Å². The molecule has 0 radical (unpaired) electrons. The highest BCUT2D eigenvalue weighted by molar-refractivity contribution is 5.77. The Labute approximate surface area is 113 Å². The molecule has 2 amide bonds. The average molecular weight is 260 g/mol. The van der Waals surface area contributed by atoms with Crippen LogP contribution < -0.4 is 10.1 Å². The molecule has 2 aliphatic heterocycles. The predicted octanol–water partition coefficient (Wildman–Crippen LogP) is 2.97. The van der Waals surface area contributed by atoms with E-state index in [1.54, 1.807) is 0 Å². The number of carbonyl (C=O) groups excluding carboxylic acids is 1. The van der Waals surface area contributed by atoms with Crippen LogP contribution in [0.25, 0.3) is 0 Å². The molecule has 0 spiro atoms. The number of hydrogen-bond acceptors (Lipinski definition) is 2. The summed E-state index contributed by atoms with van der Waals surface area (Å²) in [4.78, 5) is 14.0. The van der Waals surface area contributed by atoms with Crippen molar-refractivity contribution in [2.24, 2.45) is 0 Å². The van der Waals surface area contributed by atoms with Gasteiger partial charge in [-0.1, -0.05) is 24.6 Å². The minimum atomic E-state index is -0.523. The number of rotatable bonds is 2. The number of carbonyl (C=O) groups is 1. The quantitative estimate of drug-likeness (QED) is 0.888. The van der Waals surface area contributed by atoms with E-state index in [4.69, 9.17) is 4.74 Å². The molecule has 1 aromatic rings. The zero-order valence-corrected chi connectivity index (χ0v) is 11.7. The van der Waals surface area contributed by atoms with E-state index in [2.05, 4.69) is 31.3 Å². The molecule has 0 aromatic heterocycles. The Hall–Kier alpha value is -1.71. The molecule has 4 nitrogen and oxygen atoms in total. The molecule has 1 N–H and O–H groups in total. The van der Waals surface area contributed by atoms with Crippen LogP contribution in [0.3, 0.4) is 0 Å². The first-order chi connectivity index (χ1) is 9.03. The molecule has 102 valence electrons. The molecule has 2 aliphatic rings. The summed E-state index contributed by atoms with van der Waals surface area (Å²) in [5.41, 5.74) is 1.77. The second-order valence-corrected chi connectivity index (χ2v) is 5.68. The van der Waals surface area contributed by atoms with Crippen molar-refractivity contribution in [1.29, 1.82) is 0 Å². The number of amides is 2. The van der Waals surface area contributed by atoms with Crippen molar-refractivity contribution in [2.75, 3.05) is 6.54 Å². The van der Waals surface area contributed by atoms with Gasteiger partial charge in [-0.3, -0.25) is 4.90 Å². The Morgan fingerprint density at radius 3 is 3.05 bits per heavy atom. The van der Waals surface area contributed by atoms with Crippen LogP contribution in [-0.2, 0) is 0 Å². The number of fused-ring (bicyclic) bond motifs is 4. The summed E-state index contributed by atoms with van der Waals surface area (Å²) in [5, 5.41) is 3.10. The van der Waals surface area contributed by atoms with Gasteiger partial charge in [-0.25, -0.2) is 4.79 Å². The molecule has 1 aromatic carbocycles. The first-order valence-electron chi connectivity index (χ1n) is 6.91. The van der Waals surface area contributed by atoms with Gasteiger partial charge in [0.1, 0.15) is 5.75 Å². The van der Waals surface area contributed by atoms with E-state index in [1.807, 2.05) is 17.9 Å². The summed E-state index contributed by atoms with van der Waals surface area (Å²) in [6.45, 7) is 6.86. The zero-order chi connectivity index (χ0) is 13.6. The highest BCUT2D eigenvalue weighted by Crippen LogP contribution is 2.44. The third-order valence-electron chi connectivity index (χ3n) is 4.01. The van der Waals surface area contributed by atoms with Crippen molar-refractivity contribution < 1.29 is 9.53 Å². The summed E-state index contributed by atoms with van der Waals surface area (Å²) in [5.74, 6) is 0.894. The van der Waals surface area contributed by atoms with Gasteiger partial charge < -0.3 is 10.1 Å². The lowest BCUT2D eigenvalue weighted by atomic mass is 9.89. The molecule has 1 saturated heterocycles. The zero-order valence-electron chi connectivity index (χ0n) is 11.7. The average Bonchev–Trinajstić information content (AvgIpc) is 2.35. The molecular weight excluding hydrogens is 240 g/mol. The molecule has 2 atom stereocenters. The van der Waals surface area contributed by atoms with Gasteiger partial charge >= 0.3 is 6.03 Å². The van der Waals surface area contributed by atoms with Gasteiger partial charge in [0.05, 0.1) is 6.04 Å². The van der Waals surface area contributed by atoms with E-state index >= 15 is 0 Å². The van der Waals surface area contributed by atoms with Crippen molar-refractivity contribution in [3.8, 4) is 5.75 Å². The lowest BCUT2D eigenvalue weighted by Crippen LogP contribution is -2.64. The first-order valence-corrected chi connectivity index (χ1v) is 6.91. The maximum absolute atomic E-state index is 12.2. The van der Waals surface area contributed by atoms with Gasteiger partial charge in [0.25, 0.3) is 0 Å². The van der Waals surface area contributed by atoms with Crippen LogP contribution in [0.2, 0.25) is 0 Å². The summed E-state index contributed by atoms with van der Waals surface area (Å²) in [7, 11) is 0. The van der Waals surface area contributed by atoms with Crippen LogP contribution in [0, 0.1) is 6.92 Å². The van der Waals surface area contributed by atoms with E-state index < -0.39 is 5.72 Å². The second-order valence-electron chi connectivity index (χ2n) is 5.68. The molecule has 2 unspecified atom stereocenters. The number of benzene rings is 1. The topological polar surface area (TPSA) is 41.6 Å². The van der Waals surface area contributed by atoms with Gasteiger partial charge in [0, 0.05) is 18.5 Å². The van der Waals surface area contributed by atoms with Crippen molar-refractivity contribution in [3.63, 3.8) is 0 Å². The highest BCUT2D eigenvalue weighted by atomic mass is 16.5. The van der Waals surface area contributed by atoms with Gasteiger partial charge in [0.15, 0.2) is 5.72 Å². The fourth-order valence-corrected chi connectivity index (χ4v) is 3.10. The summed E-state index contributed by atoms with van der Waals surface area (Å²) >= 11 is 0. The molecule has 1 fully saturated rings. The number of urea groups is 1. The van der Waals surface area contributed by atoms with E-state index in [9.17, 15) is 4.79 Å². The molecule has 3 rings (SSSR count). The standard InChI is InChI=1S/C15H20N2O2/c1-4-7-17-14(18)16-12-9-15(17,3)19-13-6-5-10(2)8-11(12)13/h5-6,8,12H,4,7,9H2,1-3H3,(H,16,18). The highest BCUT2D eigenvalue weighted by Gasteiger charge is 2.48. The smallest absolute Gasteiger partial charge is 0.320 e. The van der Waals surface area contributed by atoms with Gasteiger partial charge in [0.2, 0.25) is 0 Å². The molecule has 0 aliphatic carbocycles. The third-order valence-corrected chi connectivity index (χ3v) is 4.01. The fourth-order valence-electron chi connectivity index (χ4n) is 3.10. The summed E-state index contributed by atoms with van der Waals surface area (Å²) < 4.78 is 6.15. The van der Waals surface area contributed by atoms with Crippen molar-refractivity contribution in [1.82, 2.24) is 10.2 Å². The number of aryl methyl sites for hydroxylation is 1. The normalized spacial score (nSPS) is 28.5. The molecule has 2 heterocycles. The minimum absolute atomic E-state index is 0.0206. The van der Waals surface area contributed by atoms with Crippen LogP contribution in [0.15, 0.2) is 18.2 Å². The Balaban J connectivity index is 2.03. The SMILES string of the molecule is CCCN1C(=O)NC2CC1(C)Oc1ccc(C)cc12. The van der Waals surface area contributed by atoms with Crippen LogP contribution in [0.1, 0.15) is 43.9 Å². The molecule has 2 bridgehead atoms. The van der Waals surface area contributed by atoms with Crippen molar-refractivity contribution >= 4 is 6.03 Å². The number of hydrogen-bond donors (Lipinski definition) is 1. The Morgan fingerprint density at radius 2 is 2.32 bits per heavy atom. The summed E-state index contributed by atoms with van der Waals surface area (Å²) in [6, 6.07) is 6.21. The number of ether oxygens (including phenoxy) is 1. The van der Waals surface area contributed by atoms with Crippen LogP contribution in [0.5, 0.6) is 5.75 Å². The monoisotopic (exact) mass is 260 g/mol. The number of nitrogens with zero attached hydrogens (tertiary/aromatic N) is 1. The van der Waals surface area contributed by atoms with E-state index in [-0.39, 0.29) is 12.1 Å². The fraction of sp³-hybridized carbons (Fsp3) is 0.533. The van der Waals surface area contributed by atoms with Crippen molar-refractivity contribution in [2.45, 2.75) is 45.4 Å². The second kappa shape index (κ2) is 4.15. The molecule has 4 heteroatoms. The third kappa shape index (κ3) is 1.86. The molecule has 19 heavy (non-hydrogen) atoms. The lowest BCUT2D eigenvalue weighted by Gasteiger charge is -2.50. The van der Waals surface area contributed by atoms with E-state index in [0.29, 0.717) is 0 Å². The lowest BCUT2D eigenvalue weighted by molar-refractivity contribution is -0.0836. The van der Waals surface area contributed by atoms with Gasteiger partial charge in [-0.2, -0.15) is 0 Å². The molecule has 0 saturated carbocycles. The molecular formula is C15H20N2O2. The predicted molar refractivity (Wildman–Crippen MR) is 73.1 cm³/mol. The van der Waals surface area contributed by atoms with Gasteiger partial charge in [-0.15, -0.1) is 0 Å². The Bertz CT molecular complexity index is 529. The Morgan fingerprint density at radius 1 is 1.53 bits per heavy atom. The van der Waals surface area contributed by atoms with E-state index in [0.717, 1.165) is 30.7 Å². The van der Waals surface area contributed by atoms with E-state index in [1.165, 1.54) is 5.56 Å². The van der Waals surface area contributed by atoms with Crippen LogP contribution in [-0.4, -0.2) is 23.2 Å². The van der Waals surface area contributed by atoms with Crippen LogP contribution >= 0.6 is 0 Å². The Kier molecular flexibility index (Phi) is 2.69. The largest absolute Gasteiger partial charge is 0.468 e. The summed E-state index contributed by atoms with van der Waals surface area (Å²) in [6.07, 6.45) is 1.73. The minimum Gasteiger partial charge on any atom is -0.468 e. The maximum Gasteiger partial charge on any atom is 0.320 e. The first kappa shape index (κ1) is 12.3.